The Kier molecular flexibility index (Phi) is 4.84. The summed E-state index contributed by atoms with van der Waals surface area (Å²) in [6, 6.07) is 5.14. The second-order valence-electron chi connectivity index (χ2n) is 3.23. The Morgan fingerprint density at radius 1 is 1.53 bits per heavy atom. The Morgan fingerprint density at radius 3 is 3.07 bits per heavy atom. The zero-order valence-electron chi connectivity index (χ0n) is 8.92. The minimum Gasteiger partial charge on any atom is -0.489 e. The van der Waals surface area contributed by atoms with Gasteiger partial charge in [-0.25, -0.2) is 4.39 Å². The molecular weight excluding hydrogens is 193 g/mol. The van der Waals surface area contributed by atoms with E-state index in [4.69, 9.17) is 4.74 Å². The van der Waals surface area contributed by atoms with Gasteiger partial charge in [-0.3, -0.25) is 0 Å². The summed E-state index contributed by atoms with van der Waals surface area (Å²) < 4.78 is 18.7. The van der Waals surface area contributed by atoms with Crippen LogP contribution in [0.15, 0.2) is 30.9 Å². The number of hydrogen-bond donors (Lipinski definition) is 1. The lowest BCUT2D eigenvalue weighted by molar-refractivity contribution is 0.300. The molecule has 1 aromatic rings. The van der Waals surface area contributed by atoms with Gasteiger partial charge in [0.25, 0.3) is 0 Å². The predicted molar refractivity (Wildman–Crippen MR) is 59.7 cm³/mol. The van der Waals surface area contributed by atoms with E-state index in [1.807, 2.05) is 0 Å². The van der Waals surface area contributed by atoms with Gasteiger partial charge in [-0.2, -0.15) is 0 Å². The highest BCUT2D eigenvalue weighted by atomic mass is 19.1. The van der Waals surface area contributed by atoms with Gasteiger partial charge in [-0.1, -0.05) is 18.2 Å². The maximum absolute atomic E-state index is 13.4. The van der Waals surface area contributed by atoms with Gasteiger partial charge in [0.2, 0.25) is 0 Å². The van der Waals surface area contributed by atoms with Crippen molar-refractivity contribution in [1.82, 2.24) is 5.32 Å². The van der Waals surface area contributed by atoms with Crippen LogP contribution >= 0.6 is 0 Å². The average Bonchev–Trinajstić information content (AvgIpc) is 2.24. The number of aryl methyl sites for hydroxylation is 1. The topological polar surface area (TPSA) is 21.3 Å². The number of benzene rings is 1. The third kappa shape index (κ3) is 3.72. The first kappa shape index (κ1) is 11.7. The van der Waals surface area contributed by atoms with E-state index in [1.165, 1.54) is 0 Å². The van der Waals surface area contributed by atoms with Crippen molar-refractivity contribution in [3.63, 3.8) is 0 Å². The van der Waals surface area contributed by atoms with Crippen molar-refractivity contribution in [2.24, 2.45) is 0 Å². The molecule has 0 fully saturated rings. The summed E-state index contributed by atoms with van der Waals surface area (Å²) in [7, 11) is 0. The predicted octanol–water partition coefficient (Wildman–Crippen LogP) is 2.29. The largest absolute Gasteiger partial charge is 0.489 e. The Hall–Kier alpha value is -1.35. The van der Waals surface area contributed by atoms with E-state index in [9.17, 15) is 4.39 Å². The van der Waals surface area contributed by atoms with Gasteiger partial charge in [0.05, 0.1) is 0 Å². The number of hydrogen-bond acceptors (Lipinski definition) is 2. The number of ether oxygens (including phenoxy) is 1. The summed E-state index contributed by atoms with van der Waals surface area (Å²) >= 11 is 0. The van der Waals surface area contributed by atoms with E-state index in [-0.39, 0.29) is 5.82 Å². The van der Waals surface area contributed by atoms with E-state index in [0.29, 0.717) is 24.5 Å². The molecule has 1 rings (SSSR count). The van der Waals surface area contributed by atoms with Gasteiger partial charge in [-0.05, 0) is 18.6 Å². The van der Waals surface area contributed by atoms with E-state index >= 15 is 0 Å². The molecule has 0 amide bonds. The molecule has 0 aromatic heterocycles. The number of rotatable bonds is 6. The monoisotopic (exact) mass is 209 g/mol. The van der Waals surface area contributed by atoms with Crippen LogP contribution in [-0.4, -0.2) is 19.7 Å². The van der Waals surface area contributed by atoms with Crippen LogP contribution in [0.3, 0.4) is 0 Å². The van der Waals surface area contributed by atoms with Gasteiger partial charge in [-0.15, -0.1) is 6.58 Å². The summed E-state index contributed by atoms with van der Waals surface area (Å²) in [5.41, 5.74) is 0.603. The molecule has 1 aromatic carbocycles. The maximum atomic E-state index is 13.4. The van der Waals surface area contributed by atoms with Crippen molar-refractivity contribution in [2.45, 2.75) is 6.92 Å². The number of halogens is 1. The fourth-order valence-corrected chi connectivity index (χ4v) is 1.17. The molecule has 1 N–H and O–H groups in total. The summed E-state index contributed by atoms with van der Waals surface area (Å²) in [6.07, 6.45) is 1.77. The lowest BCUT2D eigenvalue weighted by atomic mass is 10.2. The molecule has 0 saturated carbocycles. The molecular formula is C12H16FNO. The highest BCUT2D eigenvalue weighted by Gasteiger charge is 2.04. The second kappa shape index (κ2) is 6.19. The molecule has 0 aliphatic carbocycles. The van der Waals surface area contributed by atoms with Crippen molar-refractivity contribution < 1.29 is 9.13 Å². The summed E-state index contributed by atoms with van der Waals surface area (Å²) in [4.78, 5) is 0. The van der Waals surface area contributed by atoms with E-state index in [2.05, 4.69) is 11.9 Å². The summed E-state index contributed by atoms with van der Waals surface area (Å²) in [5, 5.41) is 3.07. The second-order valence-corrected chi connectivity index (χ2v) is 3.23. The van der Waals surface area contributed by atoms with Gasteiger partial charge >= 0.3 is 0 Å². The Morgan fingerprint density at radius 2 is 2.33 bits per heavy atom. The smallest absolute Gasteiger partial charge is 0.167 e. The molecule has 0 unspecified atom stereocenters. The summed E-state index contributed by atoms with van der Waals surface area (Å²) in [5.74, 6) is 0.0385. The Labute approximate surface area is 89.8 Å². The normalized spacial score (nSPS) is 10.0. The molecule has 0 aliphatic rings. The van der Waals surface area contributed by atoms with E-state index in [1.54, 1.807) is 31.2 Å². The van der Waals surface area contributed by atoms with Crippen LogP contribution in [0, 0.1) is 12.7 Å². The van der Waals surface area contributed by atoms with Crippen LogP contribution in [0.1, 0.15) is 5.56 Å². The van der Waals surface area contributed by atoms with Crippen LogP contribution in [0.5, 0.6) is 5.75 Å². The third-order valence-corrected chi connectivity index (χ3v) is 1.98. The molecule has 0 spiro atoms. The minimum absolute atomic E-state index is 0.277. The highest BCUT2D eigenvalue weighted by molar-refractivity contribution is 5.29. The molecule has 0 saturated heterocycles. The van der Waals surface area contributed by atoms with E-state index < -0.39 is 0 Å². The molecule has 15 heavy (non-hydrogen) atoms. The standard InChI is InChI=1S/C12H16FNO/c1-3-7-14-8-9-15-11-6-4-5-10(2)12(11)13/h3-6,14H,1,7-9H2,2H3. The molecule has 0 bridgehead atoms. The van der Waals surface area contributed by atoms with Gasteiger partial charge in [0.15, 0.2) is 11.6 Å². The van der Waals surface area contributed by atoms with Crippen LogP contribution in [-0.2, 0) is 0 Å². The molecule has 3 heteroatoms. The van der Waals surface area contributed by atoms with Crippen molar-refractivity contribution in [3.05, 3.63) is 42.2 Å². The maximum Gasteiger partial charge on any atom is 0.167 e. The Bertz CT molecular complexity index is 325. The number of nitrogens with one attached hydrogen (secondary N) is 1. The van der Waals surface area contributed by atoms with Crippen molar-refractivity contribution in [2.75, 3.05) is 19.7 Å². The zero-order chi connectivity index (χ0) is 11.1. The molecule has 0 aliphatic heterocycles. The first-order valence-corrected chi connectivity index (χ1v) is 4.95. The van der Waals surface area contributed by atoms with E-state index in [0.717, 1.165) is 6.54 Å². The minimum atomic E-state index is -0.277. The first-order valence-electron chi connectivity index (χ1n) is 4.95. The third-order valence-electron chi connectivity index (χ3n) is 1.98. The lowest BCUT2D eigenvalue weighted by Crippen LogP contribution is -2.21. The lowest BCUT2D eigenvalue weighted by Gasteiger charge is -2.08. The fourth-order valence-electron chi connectivity index (χ4n) is 1.17. The Balaban J connectivity index is 2.37. The van der Waals surface area contributed by atoms with Crippen LogP contribution < -0.4 is 10.1 Å². The molecule has 0 radical (unpaired) electrons. The average molecular weight is 209 g/mol. The van der Waals surface area contributed by atoms with Crippen LogP contribution in [0.25, 0.3) is 0 Å². The molecule has 0 atom stereocenters. The van der Waals surface area contributed by atoms with Gasteiger partial charge in [0, 0.05) is 13.1 Å². The van der Waals surface area contributed by atoms with Gasteiger partial charge < -0.3 is 10.1 Å². The molecule has 2 nitrogen and oxygen atoms in total. The SMILES string of the molecule is C=CCNCCOc1cccc(C)c1F. The fraction of sp³-hybridized carbons (Fsp3) is 0.333. The van der Waals surface area contributed by atoms with Gasteiger partial charge in [0.1, 0.15) is 6.61 Å². The van der Waals surface area contributed by atoms with Crippen molar-refractivity contribution in [1.29, 1.82) is 0 Å². The molecule has 0 heterocycles. The quantitative estimate of drug-likeness (QED) is 0.573. The van der Waals surface area contributed by atoms with Crippen LogP contribution in [0.2, 0.25) is 0 Å². The van der Waals surface area contributed by atoms with Crippen molar-refractivity contribution >= 4 is 0 Å². The summed E-state index contributed by atoms with van der Waals surface area (Å²) in [6.45, 7) is 7.17. The zero-order valence-corrected chi connectivity index (χ0v) is 8.92. The van der Waals surface area contributed by atoms with Crippen molar-refractivity contribution in [3.8, 4) is 5.75 Å². The first-order chi connectivity index (χ1) is 7.25. The molecule has 82 valence electrons. The highest BCUT2D eigenvalue weighted by Crippen LogP contribution is 2.19. The van der Waals surface area contributed by atoms with Crippen LogP contribution in [0.4, 0.5) is 4.39 Å².